The first-order valence-corrected chi connectivity index (χ1v) is 5.84. The number of aryl methyl sites for hydroxylation is 1. The second-order valence-corrected chi connectivity index (χ2v) is 4.35. The normalized spacial score (nSPS) is 15.6. The van der Waals surface area contributed by atoms with E-state index in [1.165, 1.54) is 0 Å². The summed E-state index contributed by atoms with van der Waals surface area (Å²) in [5, 5.41) is 0. The number of hydrogen-bond acceptors (Lipinski definition) is 2. The molecule has 0 spiro atoms. The van der Waals surface area contributed by atoms with Gasteiger partial charge in [-0.3, -0.25) is 4.79 Å². The number of allylic oxidation sites excluding steroid dienone is 1. The summed E-state index contributed by atoms with van der Waals surface area (Å²) in [4.78, 5) is 12.1. The van der Waals surface area contributed by atoms with Gasteiger partial charge >= 0.3 is 0 Å². The van der Waals surface area contributed by atoms with Crippen molar-refractivity contribution < 1.29 is 9.53 Å². The van der Waals surface area contributed by atoms with Gasteiger partial charge in [-0.05, 0) is 36.3 Å². The molecule has 2 aromatic rings. The Hall–Kier alpha value is -2.35. The molecule has 0 aliphatic carbocycles. The Morgan fingerprint density at radius 3 is 2.61 bits per heavy atom. The van der Waals surface area contributed by atoms with E-state index in [4.69, 9.17) is 4.74 Å². The monoisotopic (exact) mass is 236 g/mol. The van der Waals surface area contributed by atoms with Crippen molar-refractivity contribution in [1.82, 2.24) is 0 Å². The highest BCUT2D eigenvalue weighted by Gasteiger charge is 2.26. The van der Waals surface area contributed by atoms with Gasteiger partial charge in [0.1, 0.15) is 5.75 Å². The van der Waals surface area contributed by atoms with Crippen LogP contribution >= 0.6 is 0 Å². The van der Waals surface area contributed by atoms with Crippen LogP contribution in [0.3, 0.4) is 0 Å². The van der Waals surface area contributed by atoms with Gasteiger partial charge in [0, 0.05) is 0 Å². The average Bonchev–Trinajstić information content (AvgIpc) is 2.67. The molecule has 0 saturated carbocycles. The quantitative estimate of drug-likeness (QED) is 0.707. The van der Waals surface area contributed by atoms with E-state index in [0.29, 0.717) is 17.1 Å². The van der Waals surface area contributed by atoms with Gasteiger partial charge in [-0.15, -0.1) is 0 Å². The van der Waals surface area contributed by atoms with Crippen molar-refractivity contribution >= 4 is 11.9 Å². The van der Waals surface area contributed by atoms with Crippen molar-refractivity contribution in [2.24, 2.45) is 0 Å². The zero-order chi connectivity index (χ0) is 12.5. The van der Waals surface area contributed by atoms with Gasteiger partial charge in [-0.25, -0.2) is 0 Å². The molecular formula is C16H12O2. The standard InChI is InChI=1S/C16H12O2/c1-11-7-8-13-14(9-11)18-15(16(13)17)10-12-5-3-2-4-6-12/h2-10H,1H3/b15-10+. The highest BCUT2D eigenvalue weighted by Crippen LogP contribution is 2.32. The van der Waals surface area contributed by atoms with Gasteiger partial charge in [0.05, 0.1) is 5.56 Å². The third-order valence-corrected chi connectivity index (χ3v) is 2.92. The van der Waals surface area contributed by atoms with E-state index in [1.54, 1.807) is 6.08 Å². The Morgan fingerprint density at radius 1 is 1.06 bits per heavy atom. The maximum atomic E-state index is 12.1. The number of hydrogen-bond donors (Lipinski definition) is 0. The molecule has 0 fully saturated rings. The predicted octanol–water partition coefficient (Wildman–Crippen LogP) is 3.61. The van der Waals surface area contributed by atoms with E-state index >= 15 is 0 Å². The van der Waals surface area contributed by atoms with Crippen molar-refractivity contribution in [3.05, 3.63) is 71.0 Å². The SMILES string of the molecule is Cc1ccc2c(c1)O/C(=C/c1ccccc1)C2=O. The summed E-state index contributed by atoms with van der Waals surface area (Å²) in [5.74, 6) is 0.998. The van der Waals surface area contributed by atoms with E-state index in [-0.39, 0.29) is 5.78 Å². The fourth-order valence-electron chi connectivity index (χ4n) is 1.99. The summed E-state index contributed by atoms with van der Waals surface area (Å²) in [5.41, 5.74) is 2.69. The molecule has 1 heterocycles. The topological polar surface area (TPSA) is 26.3 Å². The lowest BCUT2D eigenvalue weighted by atomic mass is 10.1. The summed E-state index contributed by atoms with van der Waals surface area (Å²) < 4.78 is 5.62. The molecule has 0 saturated heterocycles. The number of ether oxygens (including phenoxy) is 1. The van der Waals surface area contributed by atoms with E-state index in [2.05, 4.69) is 0 Å². The molecule has 88 valence electrons. The molecular weight excluding hydrogens is 224 g/mol. The highest BCUT2D eigenvalue weighted by atomic mass is 16.5. The Kier molecular flexibility index (Phi) is 2.49. The molecule has 0 amide bonds. The maximum Gasteiger partial charge on any atom is 0.231 e. The van der Waals surface area contributed by atoms with Gasteiger partial charge in [0.2, 0.25) is 5.78 Å². The zero-order valence-electron chi connectivity index (χ0n) is 10.0. The van der Waals surface area contributed by atoms with Crippen molar-refractivity contribution in [3.8, 4) is 5.75 Å². The van der Waals surface area contributed by atoms with Crippen LogP contribution in [-0.2, 0) is 0 Å². The molecule has 2 aromatic carbocycles. The molecule has 0 bridgehead atoms. The van der Waals surface area contributed by atoms with Crippen LogP contribution in [0.25, 0.3) is 6.08 Å². The van der Waals surface area contributed by atoms with Crippen LogP contribution in [0.2, 0.25) is 0 Å². The molecule has 2 heteroatoms. The lowest BCUT2D eigenvalue weighted by molar-refractivity contribution is 0.101. The van der Waals surface area contributed by atoms with Gasteiger partial charge in [0.25, 0.3) is 0 Å². The molecule has 18 heavy (non-hydrogen) atoms. The summed E-state index contributed by atoms with van der Waals surface area (Å²) in [6.45, 7) is 1.98. The second kappa shape index (κ2) is 4.15. The largest absolute Gasteiger partial charge is 0.452 e. The molecule has 2 nitrogen and oxygen atoms in total. The van der Waals surface area contributed by atoms with Crippen LogP contribution in [0.15, 0.2) is 54.3 Å². The van der Waals surface area contributed by atoms with Crippen molar-refractivity contribution in [1.29, 1.82) is 0 Å². The second-order valence-electron chi connectivity index (χ2n) is 4.35. The molecule has 0 atom stereocenters. The van der Waals surface area contributed by atoms with Gasteiger partial charge < -0.3 is 4.74 Å². The lowest BCUT2D eigenvalue weighted by Gasteiger charge is -1.99. The van der Waals surface area contributed by atoms with Crippen molar-refractivity contribution in [3.63, 3.8) is 0 Å². The number of ketones is 1. The number of rotatable bonds is 1. The Bertz CT molecular complexity index is 639. The van der Waals surface area contributed by atoms with E-state index in [1.807, 2.05) is 55.5 Å². The molecule has 1 aliphatic heterocycles. The molecule has 0 N–H and O–H groups in total. The van der Waals surface area contributed by atoms with Gasteiger partial charge in [-0.2, -0.15) is 0 Å². The summed E-state index contributed by atoms with van der Waals surface area (Å²) >= 11 is 0. The minimum Gasteiger partial charge on any atom is -0.452 e. The van der Waals surface area contributed by atoms with Gasteiger partial charge in [-0.1, -0.05) is 36.4 Å². The first-order valence-electron chi connectivity index (χ1n) is 5.84. The number of fused-ring (bicyclic) bond motifs is 1. The zero-order valence-corrected chi connectivity index (χ0v) is 10.0. The minimum absolute atomic E-state index is 0.0474. The van der Waals surface area contributed by atoms with Crippen molar-refractivity contribution in [2.45, 2.75) is 6.92 Å². The Morgan fingerprint density at radius 2 is 1.83 bits per heavy atom. The third kappa shape index (κ3) is 1.82. The highest BCUT2D eigenvalue weighted by molar-refractivity contribution is 6.14. The van der Waals surface area contributed by atoms with E-state index < -0.39 is 0 Å². The predicted molar refractivity (Wildman–Crippen MR) is 70.6 cm³/mol. The van der Waals surface area contributed by atoms with Crippen LogP contribution in [0, 0.1) is 6.92 Å². The number of carbonyl (C=O) groups excluding carboxylic acids is 1. The summed E-state index contributed by atoms with van der Waals surface area (Å²) in [6.07, 6.45) is 1.78. The summed E-state index contributed by atoms with van der Waals surface area (Å²) in [6, 6.07) is 15.3. The van der Waals surface area contributed by atoms with Crippen LogP contribution in [0.1, 0.15) is 21.5 Å². The smallest absolute Gasteiger partial charge is 0.231 e. The number of carbonyl (C=O) groups is 1. The van der Waals surface area contributed by atoms with Crippen LogP contribution < -0.4 is 4.74 Å². The molecule has 0 unspecified atom stereocenters. The fraction of sp³-hybridized carbons (Fsp3) is 0.0625. The first kappa shape index (κ1) is 10.8. The van der Waals surface area contributed by atoms with Crippen LogP contribution in [0.5, 0.6) is 5.75 Å². The fourth-order valence-corrected chi connectivity index (χ4v) is 1.99. The molecule has 1 aliphatic rings. The van der Waals surface area contributed by atoms with Crippen LogP contribution in [0.4, 0.5) is 0 Å². The van der Waals surface area contributed by atoms with Crippen molar-refractivity contribution in [2.75, 3.05) is 0 Å². The Labute approximate surface area is 106 Å². The molecule has 0 radical (unpaired) electrons. The molecule has 0 aromatic heterocycles. The minimum atomic E-state index is -0.0474. The number of benzene rings is 2. The maximum absolute atomic E-state index is 12.1. The third-order valence-electron chi connectivity index (χ3n) is 2.92. The Balaban J connectivity index is 2.00. The van der Waals surface area contributed by atoms with Gasteiger partial charge in [0.15, 0.2) is 5.76 Å². The van der Waals surface area contributed by atoms with Crippen LogP contribution in [-0.4, -0.2) is 5.78 Å². The lowest BCUT2D eigenvalue weighted by Crippen LogP contribution is -1.97. The van der Waals surface area contributed by atoms with E-state index in [0.717, 1.165) is 11.1 Å². The van der Waals surface area contributed by atoms with E-state index in [9.17, 15) is 4.79 Å². The number of Topliss-reactive ketones (excluding diaryl/α,β-unsaturated/α-hetero) is 1. The molecule has 3 rings (SSSR count). The summed E-state index contributed by atoms with van der Waals surface area (Å²) in [7, 11) is 0. The average molecular weight is 236 g/mol. The first-order chi connectivity index (χ1) is 8.74.